The van der Waals surface area contributed by atoms with Crippen LogP contribution < -0.4 is 10.6 Å². The summed E-state index contributed by atoms with van der Waals surface area (Å²) in [5.41, 5.74) is 0.116. The molecule has 1 aliphatic heterocycles. The quantitative estimate of drug-likeness (QED) is 0.774. The average Bonchev–Trinajstić information content (AvgIpc) is 3.05. The van der Waals surface area contributed by atoms with Gasteiger partial charge < -0.3 is 15.4 Å². The number of ether oxygens (including phenoxy) is 1. The minimum Gasteiger partial charge on any atom is -0.379 e. The third kappa shape index (κ3) is 4.71. The molecule has 7 heteroatoms. The Morgan fingerprint density at radius 2 is 2.00 bits per heavy atom. The lowest BCUT2D eigenvalue weighted by molar-refractivity contribution is -0.0357. The third-order valence-electron chi connectivity index (χ3n) is 5.09. The zero-order valence-electron chi connectivity index (χ0n) is 14.0. The van der Waals surface area contributed by atoms with Crippen LogP contribution in [-0.4, -0.2) is 49.3 Å². The van der Waals surface area contributed by atoms with Gasteiger partial charge in [0, 0.05) is 39.9 Å². The van der Waals surface area contributed by atoms with Gasteiger partial charge in [-0.25, -0.2) is 4.79 Å². The Kier molecular flexibility index (Phi) is 6.55. The largest absolute Gasteiger partial charge is 0.379 e. The molecule has 24 heavy (non-hydrogen) atoms. The van der Waals surface area contributed by atoms with Gasteiger partial charge in [0.1, 0.15) is 0 Å². The molecule has 0 aromatic carbocycles. The molecule has 1 saturated carbocycles. The van der Waals surface area contributed by atoms with Crippen LogP contribution >= 0.6 is 27.3 Å². The number of hydrogen-bond donors (Lipinski definition) is 2. The minimum atomic E-state index is -0.0715. The van der Waals surface area contributed by atoms with Crippen LogP contribution in [0.4, 0.5) is 4.79 Å². The number of nitrogens with zero attached hydrogens (tertiary/aromatic N) is 1. The lowest BCUT2D eigenvalue weighted by Gasteiger charge is -2.48. The predicted molar refractivity (Wildman–Crippen MR) is 100 cm³/mol. The highest BCUT2D eigenvalue weighted by atomic mass is 79.9. The van der Waals surface area contributed by atoms with Crippen LogP contribution in [0.15, 0.2) is 15.9 Å². The molecule has 5 nitrogen and oxygen atoms in total. The van der Waals surface area contributed by atoms with E-state index >= 15 is 0 Å². The molecule has 0 atom stereocenters. The van der Waals surface area contributed by atoms with E-state index in [0.29, 0.717) is 6.54 Å². The molecule has 2 fully saturated rings. The second-order valence-corrected chi connectivity index (χ2v) is 8.56. The fraction of sp³-hybridized carbons (Fsp3) is 0.706. The van der Waals surface area contributed by atoms with E-state index in [1.807, 2.05) is 11.4 Å². The maximum Gasteiger partial charge on any atom is 0.315 e. The SMILES string of the molecule is O=C(NCc1cc(Br)cs1)NCC1(N2CCOCC2)CCCCC1. The number of carbonyl (C=O) groups excluding carboxylic acids is 1. The normalized spacial score (nSPS) is 21.4. The van der Waals surface area contributed by atoms with Gasteiger partial charge in [0.15, 0.2) is 0 Å². The Bertz CT molecular complexity index is 540. The molecule has 134 valence electrons. The second-order valence-electron chi connectivity index (χ2n) is 6.65. The molecule has 2 amide bonds. The van der Waals surface area contributed by atoms with Crippen molar-refractivity contribution < 1.29 is 9.53 Å². The van der Waals surface area contributed by atoms with E-state index in [2.05, 4.69) is 31.5 Å². The van der Waals surface area contributed by atoms with Gasteiger partial charge >= 0.3 is 6.03 Å². The summed E-state index contributed by atoms with van der Waals surface area (Å²) in [6.07, 6.45) is 6.16. The van der Waals surface area contributed by atoms with E-state index in [-0.39, 0.29) is 11.6 Å². The van der Waals surface area contributed by atoms with E-state index in [1.165, 1.54) is 32.1 Å². The van der Waals surface area contributed by atoms with Crippen LogP contribution in [0.3, 0.4) is 0 Å². The number of carbonyl (C=O) groups is 1. The minimum absolute atomic E-state index is 0.0715. The van der Waals surface area contributed by atoms with Gasteiger partial charge in [-0.1, -0.05) is 19.3 Å². The molecule has 0 radical (unpaired) electrons. The summed E-state index contributed by atoms with van der Waals surface area (Å²) < 4.78 is 6.57. The zero-order chi connectivity index (χ0) is 16.8. The summed E-state index contributed by atoms with van der Waals surface area (Å²) in [4.78, 5) is 15.9. The van der Waals surface area contributed by atoms with Crippen molar-refractivity contribution in [3.05, 3.63) is 20.8 Å². The Morgan fingerprint density at radius 1 is 1.25 bits per heavy atom. The summed E-state index contributed by atoms with van der Waals surface area (Å²) >= 11 is 5.09. The first-order valence-corrected chi connectivity index (χ1v) is 10.4. The van der Waals surface area contributed by atoms with Crippen LogP contribution in [0.1, 0.15) is 37.0 Å². The van der Waals surface area contributed by atoms with Crippen molar-refractivity contribution in [2.75, 3.05) is 32.8 Å². The molecule has 0 unspecified atom stereocenters. The van der Waals surface area contributed by atoms with Gasteiger partial charge in [-0.3, -0.25) is 4.90 Å². The summed E-state index contributed by atoms with van der Waals surface area (Å²) in [6, 6.07) is 1.97. The number of nitrogens with one attached hydrogen (secondary N) is 2. The molecule has 2 heterocycles. The first-order chi connectivity index (χ1) is 11.7. The number of morpholine rings is 1. The third-order valence-corrected chi connectivity index (χ3v) is 6.79. The standard InChI is InChI=1S/C17H26BrN3O2S/c18-14-10-15(24-12-14)11-19-16(22)20-13-17(4-2-1-3-5-17)21-6-8-23-9-7-21/h10,12H,1-9,11,13H2,(H2,19,20,22). The van der Waals surface area contributed by atoms with E-state index in [1.54, 1.807) is 11.3 Å². The topological polar surface area (TPSA) is 53.6 Å². The van der Waals surface area contributed by atoms with Crippen LogP contribution in [0.25, 0.3) is 0 Å². The molecule has 1 aromatic rings. The molecule has 2 N–H and O–H groups in total. The molecule has 0 bridgehead atoms. The van der Waals surface area contributed by atoms with Gasteiger partial charge in [0.05, 0.1) is 19.8 Å². The van der Waals surface area contributed by atoms with Gasteiger partial charge in [-0.05, 0) is 34.8 Å². The van der Waals surface area contributed by atoms with Crippen molar-refractivity contribution >= 4 is 33.3 Å². The molecule has 3 rings (SSSR count). The van der Waals surface area contributed by atoms with Crippen LogP contribution in [-0.2, 0) is 11.3 Å². The number of thiophene rings is 1. The number of rotatable bonds is 5. The van der Waals surface area contributed by atoms with Gasteiger partial charge in [0.2, 0.25) is 0 Å². The molecule has 1 saturated heterocycles. The van der Waals surface area contributed by atoms with Crippen LogP contribution in [0.2, 0.25) is 0 Å². The predicted octanol–water partition coefficient (Wildman–Crippen LogP) is 3.34. The molecular formula is C17H26BrN3O2S. The highest BCUT2D eigenvalue weighted by molar-refractivity contribution is 9.10. The van der Waals surface area contributed by atoms with E-state index in [4.69, 9.17) is 4.74 Å². The number of amides is 2. The summed E-state index contributed by atoms with van der Waals surface area (Å²) in [5.74, 6) is 0. The van der Waals surface area contributed by atoms with E-state index in [0.717, 1.165) is 42.2 Å². The highest BCUT2D eigenvalue weighted by Gasteiger charge is 2.38. The van der Waals surface area contributed by atoms with Crippen molar-refractivity contribution in [3.63, 3.8) is 0 Å². The molecule has 2 aliphatic rings. The summed E-state index contributed by atoms with van der Waals surface area (Å²) in [6.45, 7) is 4.88. The van der Waals surface area contributed by atoms with Crippen molar-refractivity contribution in [1.82, 2.24) is 15.5 Å². The monoisotopic (exact) mass is 415 g/mol. The fourth-order valence-electron chi connectivity index (χ4n) is 3.77. The van der Waals surface area contributed by atoms with Crippen molar-refractivity contribution in [3.8, 4) is 0 Å². The number of hydrogen-bond acceptors (Lipinski definition) is 4. The Balaban J connectivity index is 1.51. The van der Waals surface area contributed by atoms with Crippen LogP contribution in [0, 0.1) is 0 Å². The number of urea groups is 1. The van der Waals surface area contributed by atoms with Gasteiger partial charge in [-0.15, -0.1) is 11.3 Å². The van der Waals surface area contributed by atoms with Crippen molar-refractivity contribution in [2.45, 2.75) is 44.2 Å². The molecule has 1 aliphatic carbocycles. The second kappa shape index (κ2) is 8.65. The van der Waals surface area contributed by atoms with Crippen molar-refractivity contribution in [1.29, 1.82) is 0 Å². The molecule has 0 spiro atoms. The zero-order valence-corrected chi connectivity index (χ0v) is 16.4. The lowest BCUT2D eigenvalue weighted by atomic mass is 9.80. The Morgan fingerprint density at radius 3 is 2.67 bits per heavy atom. The Hall–Kier alpha value is -0.630. The molecule has 1 aromatic heterocycles. The fourth-order valence-corrected chi connectivity index (χ4v) is 5.16. The van der Waals surface area contributed by atoms with Gasteiger partial charge in [0.25, 0.3) is 0 Å². The van der Waals surface area contributed by atoms with Crippen LogP contribution in [0.5, 0.6) is 0 Å². The lowest BCUT2D eigenvalue weighted by Crippen LogP contribution is -2.60. The van der Waals surface area contributed by atoms with E-state index < -0.39 is 0 Å². The molecular weight excluding hydrogens is 390 g/mol. The first-order valence-electron chi connectivity index (χ1n) is 8.75. The Labute approximate surface area is 156 Å². The number of halogens is 1. The average molecular weight is 416 g/mol. The smallest absolute Gasteiger partial charge is 0.315 e. The maximum atomic E-state index is 12.2. The van der Waals surface area contributed by atoms with Gasteiger partial charge in [-0.2, -0.15) is 0 Å². The first kappa shape index (κ1) is 18.2. The highest BCUT2D eigenvalue weighted by Crippen LogP contribution is 2.33. The summed E-state index contributed by atoms with van der Waals surface area (Å²) in [5, 5.41) is 8.13. The summed E-state index contributed by atoms with van der Waals surface area (Å²) in [7, 11) is 0. The van der Waals surface area contributed by atoms with E-state index in [9.17, 15) is 4.79 Å². The van der Waals surface area contributed by atoms with Crippen molar-refractivity contribution in [2.24, 2.45) is 0 Å². The maximum absolute atomic E-state index is 12.2.